The number of hydrogen-bond donors (Lipinski definition) is 2. The maximum absolute atomic E-state index is 12.2. The van der Waals surface area contributed by atoms with Crippen molar-refractivity contribution in [2.24, 2.45) is 5.92 Å². The average Bonchev–Trinajstić information content (AvgIpc) is 3.10. The number of rotatable bonds is 2. The molecule has 2 aromatic carbocycles. The van der Waals surface area contributed by atoms with Crippen molar-refractivity contribution < 1.29 is 14.6 Å². The van der Waals surface area contributed by atoms with Gasteiger partial charge in [0.05, 0.1) is 24.4 Å². The van der Waals surface area contributed by atoms with Gasteiger partial charge in [0.15, 0.2) is 0 Å². The molecule has 4 rings (SSSR count). The molecule has 0 bridgehead atoms. The van der Waals surface area contributed by atoms with Crippen molar-refractivity contribution in [1.29, 1.82) is 0 Å². The fourth-order valence-corrected chi connectivity index (χ4v) is 3.91. The molecule has 4 nitrogen and oxygen atoms in total. The second kappa shape index (κ2) is 5.71. The quantitative estimate of drug-likeness (QED) is 0.648. The second-order valence-electron chi connectivity index (χ2n) is 6.33. The largest absolute Gasteiger partial charge is 0.508 e. The van der Waals surface area contributed by atoms with E-state index in [9.17, 15) is 9.90 Å². The zero-order valence-corrected chi connectivity index (χ0v) is 13.4. The van der Waals surface area contributed by atoms with Gasteiger partial charge in [0, 0.05) is 5.92 Å². The van der Waals surface area contributed by atoms with Crippen molar-refractivity contribution in [1.82, 2.24) is 0 Å². The minimum Gasteiger partial charge on any atom is -0.508 e. The predicted octanol–water partition coefficient (Wildman–Crippen LogP) is 4.01. The maximum atomic E-state index is 12.2. The number of benzene rings is 2. The Hall–Kier alpha value is -2.75. The number of allylic oxidation sites excluding steroid dienone is 2. The maximum Gasteiger partial charge on any atom is 0.339 e. The van der Waals surface area contributed by atoms with Gasteiger partial charge in [-0.25, -0.2) is 4.79 Å². The van der Waals surface area contributed by atoms with Crippen LogP contribution in [0, 0.1) is 5.92 Å². The molecule has 2 N–H and O–H groups in total. The van der Waals surface area contributed by atoms with Gasteiger partial charge in [-0.15, -0.1) is 0 Å². The number of methoxy groups -OCH3 is 1. The molecule has 0 aromatic heterocycles. The van der Waals surface area contributed by atoms with Gasteiger partial charge in [0.25, 0.3) is 0 Å². The highest BCUT2D eigenvalue weighted by Gasteiger charge is 2.39. The van der Waals surface area contributed by atoms with Crippen LogP contribution in [0.1, 0.15) is 39.9 Å². The average molecular weight is 321 g/mol. The minimum atomic E-state index is -0.329. The van der Waals surface area contributed by atoms with E-state index in [4.69, 9.17) is 4.74 Å². The number of carbonyl (C=O) groups excluding carboxylic acids is 1. The van der Waals surface area contributed by atoms with Gasteiger partial charge >= 0.3 is 5.97 Å². The molecule has 4 heteroatoms. The van der Waals surface area contributed by atoms with E-state index >= 15 is 0 Å². The van der Waals surface area contributed by atoms with Crippen molar-refractivity contribution in [3.8, 4) is 5.75 Å². The van der Waals surface area contributed by atoms with Gasteiger partial charge in [-0.2, -0.15) is 0 Å². The summed E-state index contributed by atoms with van der Waals surface area (Å²) in [6, 6.07) is 13.2. The van der Waals surface area contributed by atoms with Gasteiger partial charge < -0.3 is 15.2 Å². The Kier molecular flexibility index (Phi) is 3.53. The standard InChI is InChI=1S/C20H19NO3/c1-24-20(23)17-7-3-6-16-14-4-2-5-15(14)18(21-19(16)17)12-8-10-13(22)11-9-12/h2-4,6-11,14-15,18,21-22H,5H2,1H3. The summed E-state index contributed by atoms with van der Waals surface area (Å²) >= 11 is 0. The van der Waals surface area contributed by atoms with Crippen LogP contribution in [0.15, 0.2) is 54.6 Å². The molecule has 24 heavy (non-hydrogen) atoms. The molecule has 122 valence electrons. The van der Waals surface area contributed by atoms with Gasteiger partial charge in [-0.3, -0.25) is 0 Å². The molecular formula is C20H19NO3. The molecule has 0 fully saturated rings. The topological polar surface area (TPSA) is 58.6 Å². The second-order valence-corrected chi connectivity index (χ2v) is 6.33. The summed E-state index contributed by atoms with van der Waals surface area (Å²) in [5.74, 6) is 0.607. The molecular weight excluding hydrogens is 302 g/mol. The summed E-state index contributed by atoms with van der Waals surface area (Å²) in [5.41, 5.74) is 3.68. The Morgan fingerprint density at radius 1 is 1.21 bits per heavy atom. The highest BCUT2D eigenvalue weighted by atomic mass is 16.5. The van der Waals surface area contributed by atoms with Gasteiger partial charge in [-0.1, -0.05) is 36.4 Å². The molecule has 1 aliphatic heterocycles. The van der Waals surface area contributed by atoms with Crippen LogP contribution in [-0.4, -0.2) is 18.2 Å². The van der Waals surface area contributed by atoms with Crippen LogP contribution in [0.3, 0.4) is 0 Å². The van der Waals surface area contributed by atoms with E-state index in [0.717, 1.165) is 23.2 Å². The molecule has 1 aliphatic carbocycles. The molecule has 0 saturated carbocycles. The summed E-state index contributed by atoms with van der Waals surface area (Å²) in [4.78, 5) is 12.2. The molecule has 0 spiro atoms. The Bertz CT molecular complexity index is 810. The Morgan fingerprint density at radius 3 is 2.75 bits per heavy atom. The van der Waals surface area contributed by atoms with E-state index in [0.29, 0.717) is 11.5 Å². The van der Waals surface area contributed by atoms with Gasteiger partial charge in [0.1, 0.15) is 5.75 Å². The SMILES string of the molecule is COC(=O)c1cccc2c1NC(c1ccc(O)cc1)C1CC=CC21. The first-order chi connectivity index (χ1) is 11.7. The van der Waals surface area contributed by atoms with E-state index in [1.54, 1.807) is 18.2 Å². The lowest BCUT2D eigenvalue weighted by molar-refractivity contribution is 0.0601. The Labute approximate surface area is 140 Å². The lowest BCUT2D eigenvalue weighted by atomic mass is 9.76. The van der Waals surface area contributed by atoms with E-state index < -0.39 is 0 Å². The van der Waals surface area contributed by atoms with E-state index in [2.05, 4.69) is 23.5 Å². The number of nitrogens with one attached hydrogen (secondary N) is 1. The highest BCUT2D eigenvalue weighted by Crippen LogP contribution is 2.50. The first kappa shape index (κ1) is 14.8. The summed E-state index contributed by atoms with van der Waals surface area (Å²) in [6.07, 6.45) is 5.44. The van der Waals surface area contributed by atoms with E-state index in [-0.39, 0.29) is 23.7 Å². The molecule has 3 unspecified atom stereocenters. The Morgan fingerprint density at radius 2 is 2.00 bits per heavy atom. The lowest BCUT2D eigenvalue weighted by Crippen LogP contribution is -2.30. The van der Waals surface area contributed by atoms with Crippen molar-refractivity contribution in [2.45, 2.75) is 18.4 Å². The third-order valence-electron chi connectivity index (χ3n) is 5.05. The smallest absolute Gasteiger partial charge is 0.339 e. The number of esters is 1. The van der Waals surface area contributed by atoms with Crippen LogP contribution in [0.5, 0.6) is 5.75 Å². The third-order valence-corrected chi connectivity index (χ3v) is 5.05. The van der Waals surface area contributed by atoms with E-state index in [1.807, 2.05) is 18.2 Å². The molecule has 0 amide bonds. The number of para-hydroxylation sites is 1. The molecule has 0 saturated heterocycles. The molecule has 0 radical (unpaired) electrons. The zero-order valence-electron chi connectivity index (χ0n) is 13.4. The van der Waals surface area contributed by atoms with Gasteiger partial charge in [0.2, 0.25) is 0 Å². The monoisotopic (exact) mass is 321 g/mol. The van der Waals surface area contributed by atoms with Crippen LogP contribution in [0.25, 0.3) is 0 Å². The van der Waals surface area contributed by atoms with Crippen molar-refractivity contribution >= 4 is 11.7 Å². The van der Waals surface area contributed by atoms with Crippen LogP contribution in [0.4, 0.5) is 5.69 Å². The number of fused-ring (bicyclic) bond motifs is 3. The molecule has 2 aromatic rings. The summed E-state index contributed by atoms with van der Waals surface area (Å²) in [7, 11) is 1.40. The fourth-order valence-electron chi connectivity index (χ4n) is 3.91. The lowest BCUT2D eigenvalue weighted by Gasteiger charge is -2.38. The first-order valence-electron chi connectivity index (χ1n) is 8.12. The number of hydrogen-bond acceptors (Lipinski definition) is 4. The number of anilines is 1. The molecule has 1 heterocycles. The van der Waals surface area contributed by atoms with Crippen molar-refractivity contribution in [3.05, 3.63) is 71.3 Å². The number of carbonyl (C=O) groups is 1. The number of phenolic OH excluding ortho intramolecular Hbond substituents is 1. The van der Waals surface area contributed by atoms with Crippen LogP contribution in [0.2, 0.25) is 0 Å². The predicted molar refractivity (Wildman–Crippen MR) is 92.2 cm³/mol. The van der Waals surface area contributed by atoms with Crippen LogP contribution in [-0.2, 0) is 4.74 Å². The van der Waals surface area contributed by atoms with Crippen LogP contribution < -0.4 is 5.32 Å². The third kappa shape index (κ3) is 2.26. The normalized spacial score (nSPS) is 24.0. The molecule has 3 atom stereocenters. The number of ether oxygens (including phenoxy) is 1. The first-order valence-corrected chi connectivity index (χ1v) is 8.12. The van der Waals surface area contributed by atoms with Crippen LogP contribution >= 0.6 is 0 Å². The number of phenols is 1. The van der Waals surface area contributed by atoms with Gasteiger partial charge in [-0.05, 0) is 41.7 Å². The summed E-state index contributed by atoms with van der Waals surface area (Å²) in [6.45, 7) is 0. The fraction of sp³-hybridized carbons (Fsp3) is 0.250. The number of aromatic hydroxyl groups is 1. The zero-order chi connectivity index (χ0) is 16.7. The minimum absolute atomic E-state index is 0.0870. The highest BCUT2D eigenvalue weighted by molar-refractivity contribution is 5.97. The van der Waals surface area contributed by atoms with E-state index in [1.165, 1.54) is 7.11 Å². The molecule has 2 aliphatic rings. The summed E-state index contributed by atoms with van der Waals surface area (Å²) < 4.78 is 4.94. The summed E-state index contributed by atoms with van der Waals surface area (Å²) in [5, 5.41) is 13.1. The Balaban J connectivity index is 1.82. The van der Waals surface area contributed by atoms with Crippen molar-refractivity contribution in [2.75, 3.05) is 12.4 Å². The van der Waals surface area contributed by atoms with Crippen molar-refractivity contribution in [3.63, 3.8) is 0 Å².